The number of H-pyrrole nitrogens is 3. The smallest absolute Gasteiger partial charge is 0.320 e. The summed E-state index contributed by atoms with van der Waals surface area (Å²) >= 11 is 0. The molecule has 0 unspecified atom stereocenters. The van der Waals surface area contributed by atoms with Crippen molar-refractivity contribution in [3.63, 3.8) is 0 Å². The molecule has 2 aromatic heterocycles. The van der Waals surface area contributed by atoms with E-state index < -0.39 is 0 Å². The van der Waals surface area contributed by atoms with Crippen LogP contribution in [0.2, 0.25) is 0 Å². The first-order valence-corrected chi connectivity index (χ1v) is 6.67. The van der Waals surface area contributed by atoms with Crippen LogP contribution in [0, 0.1) is 0 Å². The molecule has 22 heavy (non-hydrogen) atoms. The molecule has 4 N–H and O–H groups in total. The van der Waals surface area contributed by atoms with E-state index in [0.717, 1.165) is 10.9 Å². The van der Waals surface area contributed by atoms with Gasteiger partial charge in [-0.15, -0.1) is 0 Å². The molecule has 0 atom stereocenters. The average molecular weight is 293 g/mol. The summed E-state index contributed by atoms with van der Waals surface area (Å²) in [7, 11) is 0. The Kier molecular flexibility index (Phi) is 2.59. The molecular weight excluding hydrogens is 282 g/mol. The van der Waals surface area contributed by atoms with Crippen molar-refractivity contribution in [3.05, 3.63) is 58.6 Å². The van der Waals surface area contributed by atoms with Gasteiger partial charge < -0.3 is 15.3 Å². The number of fused-ring (bicyclic) bond motifs is 2. The summed E-state index contributed by atoms with van der Waals surface area (Å²) in [5.41, 5.74) is 2.76. The quantitative estimate of drug-likeness (QED) is 0.454. The Labute approximate surface area is 123 Å². The van der Waals surface area contributed by atoms with E-state index in [1.165, 1.54) is 0 Å². The Morgan fingerprint density at radius 1 is 1.00 bits per heavy atom. The minimum Gasteiger partial charge on any atom is -0.320 e. The molecular formula is C15H11N5O2. The van der Waals surface area contributed by atoms with Gasteiger partial charge in [-0.25, -0.2) is 4.79 Å². The first-order valence-electron chi connectivity index (χ1n) is 6.67. The topological polar surface area (TPSA) is 106 Å². The van der Waals surface area contributed by atoms with Crippen molar-refractivity contribution in [2.45, 2.75) is 0 Å². The zero-order valence-corrected chi connectivity index (χ0v) is 11.3. The highest BCUT2D eigenvalue weighted by molar-refractivity contribution is 6.11. The second-order valence-corrected chi connectivity index (χ2v) is 4.91. The molecule has 0 bridgehead atoms. The number of aromatic nitrogens is 4. The van der Waals surface area contributed by atoms with E-state index in [0.29, 0.717) is 22.4 Å². The number of imidazole rings is 1. The Morgan fingerprint density at radius 2 is 1.82 bits per heavy atom. The third kappa shape index (κ3) is 1.96. The summed E-state index contributed by atoms with van der Waals surface area (Å²) < 4.78 is 0. The van der Waals surface area contributed by atoms with E-state index >= 15 is 0 Å². The third-order valence-electron chi connectivity index (χ3n) is 3.46. The lowest BCUT2D eigenvalue weighted by atomic mass is 10.2. The highest BCUT2D eigenvalue weighted by atomic mass is 16.2. The van der Waals surface area contributed by atoms with E-state index in [1.54, 1.807) is 18.2 Å². The number of anilines is 1. The first kappa shape index (κ1) is 12.4. The molecule has 0 aliphatic heterocycles. The van der Waals surface area contributed by atoms with Crippen LogP contribution in [0.5, 0.6) is 0 Å². The normalized spacial score (nSPS) is 11.1. The molecule has 2 heterocycles. The standard InChI is InChI=1S/C15H11N5O2/c21-14(13-9-3-1-2-4-10(9)19-20-13)16-8-5-6-11-12(7-8)18-15(22)17-11/h1-7H,(H,16,21)(H,19,20)(H2,17,18,22). The Hall–Kier alpha value is -3.35. The molecule has 0 spiro atoms. The van der Waals surface area contributed by atoms with Crippen molar-refractivity contribution in [2.75, 3.05) is 5.32 Å². The van der Waals surface area contributed by atoms with Gasteiger partial charge in [-0.05, 0) is 24.3 Å². The van der Waals surface area contributed by atoms with E-state index in [9.17, 15) is 9.59 Å². The number of carbonyl (C=O) groups excluding carboxylic acids is 1. The lowest BCUT2D eigenvalue weighted by Gasteiger charge is -2.03. The van der Waals surface area contributed by atoms with Crippen LogP contribution in [0.15, 0.2) is 47.3 Å². The Bertz CT molecular complexity index is 1060. The molecule has 7 heteroatoms. The largest absolute Gasteiger partial charge is 0.323 e. The number of hydrogen-bond acceptors (Lipinski definition) is 3. The predicted molar refractivity (Wildman–Crippen MR) is 83.0 cm³/mol. The molecule has 4 aromatic rings. The molecule has 0 saturated heterocycles. The van der Waals surface area contributed by atoms with Crippen LogP contribution in [0.25, 0.3) is 21.9 Å². The van der Waals surface area contributed by atoms with Crippen LogP contribution in [0.3, 0.4) is 0 Å². The number of nitrogens with one attached hydrogen (secondary N) is 4. The second-order valence-electron chi connectivity index (χ2n) is 4.91. The molecule has 2 aromatic carbocycles. The zero-order chi connectivity index (χ0) is 15.1. The monoisotopic (exact) mass is 293 g/mol. The summed E-state index contributed by atoms with van der Waals surface area (Å²) in [5.74, 6) is -0.310. The van der Waals surface area contributed by atoms with Gasteiger partial charge in [0.05, 0.1) is 16.6 Å². The fourth-order valence-corrected chi connectivity index (χ4v) is 2.44. The lowest BCUT2D eigenvalue weighted by Crippen LogP contribution is -2.12. The highest BCUT2D eigenvalue weighted by Crippen LogP contribution is 2.18. The summed E-state index contributed by atoms with van der Waals surface area (Å²) in [5, 5.41) is 10.4. The number of amides is 1. The predicted octanol–water partition coefficient (Wildman–Crippen LogP) is 1.98. The lowest BCUT2D eigenvalue weighted by molar-refractivity contribution is 0.102. The van der Waals surface area contributed by atoms with E-state index in [4.69, 9.17) is 0 Å². The minimum absolute atomic E-state index is 0.281. The van der Waals surface area contributed by atoms with E-state index in [1.807, 2.05) is 24.3 Å². The molecule has 0 saturated carbocycles. The molecule has 1 amide bonds. The fourth-order valence-electron chi connectivity index (χ4n) is 2.44. The second kappa shape index (κ2) is 4.59. The molecule has 0 aliphatic rings. The summed E-state index contributed by atoms with van der Waals surface area (Å²) in [4.78, 5) is 28.9. The van der Waals surface area contributed by atoms with Gasteiger partial charge in [-0.3, -0.25) is 9.89 Å². The minimum atomic E-state index is -0.310. The van der Waals surface area contributed by atoms with Crippen LogP contribution >= 0.6 is 0 Å². The number of benzene rings is 2. The van der Waals surface area contributed by atoms with Gasteiger partial charge >= 0.3 is 5.69 Å². The van der Waals surface area contributed by atoms with Crippen molar-refractivity contribution in [2.24, 2.45) is 0 Å². The molecule has 0 radical (unpaired) electrons. The van der Waals surface area contributed by atoms with Gasteiger partial charge in [0.25, 0.3) is 5.91 Å². The van der Waals surface area contributed by atoms with Crippen molar-refractivity contribution in [1.29, 1.82) is 0 Å². The Morgan fingerprint density at radius 3 is 2.73 bits per heavy atom. The van der Waals surface area contributed by atoms with Crippen molar-refractivity contribution in [3.8, 4) is 0 Å². The van der Waals surface area contributed by atoms with Gasteiger partial charge in [0.2, 0.25) is 0 Å². The number of aromatic amines is 3. The highest BCUT2D eigenvalue weighted by Gasteiger charge is 2.14. The number of hydrogen-bond donors (Lipinski definition) is 4. The van der Waals surface area contributed by atoms with Gasteiger partial charge in [0.15, 0.2) is 5.69 Å². The van der Waals surface area contributed by atoms with Crippen molar-refractivity contribution < 1.29 is 4.79 Å². The maximum absolute atomic E-state index is 12.4. The van der Waals surface area contributed by atoms with Crippen LogP contribution in [0.1, 0.15) is 10.5 Å². The summed E-state index contributed by atoms with van der Waals surface area (Å²) in [6.45, 7) is 0. The van der Waals surface area contributed by atoms with Gasteiger partial charge in [0.1, 0.15) is 0 Å². The SMILES string of the molecule is O=C(Nc1ccc2[nH]c(=O)[nH]c2c1)c1n[nH]c2ccccc12. The number of nitrogens with zero attached hydrogens (tertiary/aromatic N) is 1. The maximum Gasteiger partial charge on any atom is 0.323 e. The Balaban J connectivity index is 1.69. The number of para-hydroxylation sites is 1. The summed E-state index contributed by atoms with van der Waals surface area (Å²) in [6.07, 6.45) is 0. The zero-order valence-electron chi connectivity index (χ0n) is 11.3. The average Bonchev–Trinajstić information content (AvgIpc) is 3.09. The van der Waals surface area contributed by atoms with Gasteiger partial charge in [-0.1, -0.05) is 18.2 Å². The first-order chi connectivity index (χ1) is 10.7. The van der Waals surface area contributed by atoms with Crippen molar-refractivity contribution in [1.82, 2.24) is 20.2 Å². The molecule has 0 aliphatic carbocycles. The number of carbonyl (C=O) groups is 1. The van der Waals surface area contributed by atoms with Gasteiger partial charge in [-0.2, -0.15) is 5.10 Å². The molecule has 0 fully saturated rings. The maximum atomic E-state index is 12.4. The molecule has 108 valence electrons. The van der Waals surface area contributed by atoms with Crippen LogP contribution < -0.4 is 11.0 Å². The molecule has 4 rings (SSSR count). The molecule has 7 nitrogen and oxygen atoms in total. The van der Waals surface area contributed by atoms with E-state index in [-0.39, 0.29) is 11.6 Å². The van der Waals surface area contributed by atoms with Crippen LogP contribution in [-0.4, -0.2) is 26.1 Å². The fraction of sp³-hybridized carbons (Fsp3) is 0. The third-order valence-corrected chi connectivity index (χ3v) is 3.46. The van der Waals surface area contributed by atoms with Crippen LogP contribution in [-0.2, 0) is 0 Å². The van der Waals surface area contributed by atoms with E-state index in [2.05, 4.69) is 25.5 Å². The van der Waals surface area contributed by atoms with Crippen molar-refractivity contribution >= 4 is 33.5 Å². The van der Waals surface area contributed by atoms with Gasteiger partial charge in [0, 0.05) is 11.1 Å². The number of rotatable bonds is 2. The van der Waals surface area contributed by atoms with Crippen LogP contribution in [0.4, 0.5) is 5.69 Å². The summed E-state index contributed by atoms with van der Waals surface area (Å²) in [6, 6.07) is 12.6.